The molecule has 1 spiro atoms. The van der Waals surface area contributed by atoms with E-state index >= 15 is 0 Å². The second kappa shape index (κ2) is 6.36. The predicted molar refractivity (Wildman–Crippen MR) is 106 cm³/mol. The molecular formula is C21H20ClNO2S. The van der Waals surface area contributed by atoms with E-state index in [4.69, 9.17) is 11.6 Å². The maximum atomic E-state index is 11.7. The van der Waals surface area contributed by atoms with E-state index in [0.29, 0.717) is 9.92 Å². The Morgan fingerprint density at radius 3 is 2.19 bits per heavy atom. The number of aromatic nitrogens is 1. The number of allylic oxidation sites excluding steroid dienone is 4. The quantitative estimate of drug-likeness (QED) is 0.731. The molecule has 2 aliphatic rings. The van der Waals surface area contributed by atoms with Gasteiger partial charge in [0, 0.05) is 23.4 Å². The minimum absolute atomic E-state index is 0.0987. The molecule has 0 N–H and O–H groups in total. The van der Waals surface area contributed by atoms with Crippen molar-refractivity contribution in [3.63, 3.8) is 0 Å². The molecule has 2 aromatic rings. The SMILES string of the molecule is CS(=O)(=O)c1ccc(C2=CC3(C=C2c2ccc(Cl)cn2)CCCC3)cc1. The van der Waals surface area contributed by atoms with E-state index in [-0.39, 0.29) is 5.41 Å². The third-order valence-electron chi connectivity index (χ3n) is 5.29. The van der Waals surface area contributed by atoms with Crippen LogP contribution in [0.15, 0.2) is 59.6 Å². The molecule has 0 bridgehead atoms. The molecule has 5 heteroatoms. The van der Waals surface area contributed by atoms with Crippen molar-refractivity contribution in [1.29, 1.82) is 0 Å². The molecule has 1 aromatic carbocycles. The predicted octanol–water partition coefficient (Wildman–Crippen LogP) is 5.18. The van der Waals surface area contributed by atoms with Gasteiger partial charge in [-0.05, 0) is 48.2 Å². The van der Waals surface area contributed by atoms with Crippen LogP contribution in [0.5, 0.6) is 0 Å². The zero-order chi connectivity index (χ0) is 18.4. The highest BCUT2D eigenvalue weighted by Crippen LogP contribution is 2.51. The van der Waals surface area contributed by atoms with Gasteiger partial charge in [0.15, 0.2) is 9.84 Å². The number of pyridine rings is 1. The number of nitrogens with zero attached hydrogens (tertiary/aromatic N) is 1. The molecule has 1 saturated carbocycles. The van der Waals surface area contributed by atoms with E-state index in [0.717, 1.165) is 35.2 Å². The topological polar surface area (TPSA) is 47.0 Å². The number of halogens is 1. The van der Waals surface area contributed by atoms with Crippen LogP contribution in [-0.2, 0) is 9.84 Å². The van der Waals surface area contributed by atoms with Gasteiger partial charge >= 0.3 is 0 Å². The Morgan fingerprint density at radius 1 is 0.962 bits per heavy atom. The molecular weight excluding hydrogens is 366 g/mol. The van der Waals surface area contributed by atoms with Crippen molar-refractivity contribution in [2.45, 2.75) is 30.6 Å². The molecule has 0 radical (unpaired) electrons. The average Bonchev–Trinajstić information content (AvgIpc) is 3.22. The molecule has 134 valence electrons. The van der Waals surface area contributed by atoms with Gasteiger partial charge in [-0.3, -0.25) is 4.98 Å². The minimum Gasteiger partial charge on any atom is -0.255 e. The lowest BCUT2D eigenvalue weighted by Gasteiger charge is -2.16. The van der Waals surface area contributed by atoms with Gasteiger partial charge < -0.3 is 0 Å². The second-order valence-corrected chi connectivity index (χ2v) is 9.67. The Labute approximate surface area is 159 Å². The van der Waals surface area contributed by atoms with Gasteiger partial charge in [-0.25, -0.2) is 8.42 Å². The largest absolute Gasteiger partial charge is 0.255 e. The summed E-state index contributed by atoms with van der Waals surface area (Å²) < 4.78 is 23.5. The lowest BCUT2D eigenvalue weighted by molar-refractivity contribution is 0.523. The number of hydrogen-bond acceptors (Lipinski definition) is 3. The third-order valence-corrected chi connectivity index (χ3v) is 6.64. The fourth-order valence-corrected chi connectivity index (χ4v) is 4.70. The Bertz CT molecular complexity index is 997. The number of hydrogen-bond donors (Lipinski definition) is 0. The van der Waals surface area contributed by atoms with Crippen LogP contribution in [0.3, 0.4) is 0 Å². The highest BCUT2D eigenvalue weighted by Gasteiger charge is 2.36. The summed E-state index contributed by atoms with van der Waals surface area (Å²) in [5.41, 5.74) is 4.25. The van der Waals surface area contributed by atoms with Gasteiger partial charge in [-0.1, -0.05) is 48.7 Å². The third kappa shape index (κ3) is 3.24. The molecule has 4 rings (SSSR count). The molecule has 0 unspecified atom stereocenters. The summed E-state index contributed by atoms with van der Waals surface area (Å²) in [6, 6.07) is 10.9. The molecule has 0 saturated heterocycles. The van der Waals surface area contributed by atoms with Crippen LogP contribution in [0.2, 0.25) is 5.02 Å². The summed E-state index contributed by atoms with van der Waals surface area (Å²) in [5.74, 6) is 0. The first-order valence-electron chi connectivity index (χ1n) is 8.75. The number of rotatable bonds is 3. The Kier molecular flexibility index (Phi) is 4.28. The fraction of sp³-hybridized carbons (Fsp3) is 0.286. The van der Waals surface area contributed by atoms with E-state index in [1.54, 1.807) is 18.3 Å². The number of sulfone groups is 1. The van der Waals surface area contributed by atoms with E-state index in [9.17, 15) is 8.42 Å². The van der Waals surface area contributed by atoms with E-state index in [1.807, 2.05) is 24.3 Å². The number of benzene rings is 1. The van der Waals surface area contributed by atoms with Crippen LogP contribution >= 0.6 is 11.6 Å². The first-order valence-corrected chi connectivity index (χ1v) is 11.0. The van der Waals surface area contributed by atoms with E-state index in [1.165, 1.54) is 19.1 Å². The van der Waals surface area contributed by atoms with Crippen molar-refractivity contribution in [3.8, 4) is 0 Å². The van der Waals surface area contributed by atoms with Crippen molar-refractivity contribution in [2.24, 2.45) is 5.41 Å². The zero-order valence-electron chi connectivity index (χ0n) is 14.6. The molecule has 0 atom stereocenters. The summed E-state index contributed by atoms with van der Waals surface area (Å²) in [7, 11) is -3.20. The van der Waals surface area contributed by atoms with Crippen molar-refractivity contribution >= 4 is 32.6 Å². The maximum Gasteiger partial charge on any atom is 0.175 e. The summed E-state index contributed by atoms with van der Waals surface area (Å²) >= 11 is 6.00. The molecule has 3 nitrogen and oxygen atoms in total. The summed E-state index contributed by atoms with van der Waals surface area (Å²) in [6.07, 6.45) is 12.3. The van der Waals surface area contributed by atoms with E-state index in [2.05, 4.69) is 17.1 Å². The maximum absolute atomic E-state index is 11.7. The lowest BCUT2D eigenvalue weighted by atomic mass is 9.88. The van der Waals surface area contributed by atoms with Crippen LogP contribution in [0.25, 0.3) is 11.1 Å². The molecule has 26 heavy (non-hydrogen) atoms. The minimum atomic E-state index is -3.20. The molecule has 1 heterocycles. The molecule has 2 aliphatic carbocycles. The summed E-state index contributed by atoms with van der Waals surface area (Å²) in [5, 5.41) is 0.617. The van der Waals surface area contributed by atoms with Crippen molar-refractivity contribution in [3.05, 3.63) is 71.0 Å². The molecule has 0 aliphatic heterocycles. The van der Waals surface area contributed by atoms with Crippen LogP contribution in [0, 0.1) is 5.41 Å². The van der Waals surface area contributed by atoms with Crippen LogP contribution < -0.4 is 0 Å². The molecule has 0 amide bonds. The Morgan fingerprint density at radius 2 is 1.62 bits per heavy atom. The highest BCUT2D eigenvalue weighted by molar-refractivity contribution is 7.90. The van der Waals surface area contributed by atoms with Crippen LogP contribution in [0.4, 0.5) is 0 Å². The van der Waals surface area contributed by atoms with E-state index < -0.39 is 9.84 Å². The summed E-state index contributed by atoms with van der Waals surface area (Å²) in [6.45, 7) is 0. The van der Waals surface area contributed by atoms with Crippen LogP contribution in [-0.4, -0.2) is 19.7 Å². The van der Waals surface area contributed by atoms with Crippen molar-refractivity contribution in [1.82, 2.24) is 4.98 Å². The summed E-state index contributed by atoms with van der Waals surface area (Å²) in [4.78, 5) is 4.85. The standard InChI is InChI=1S/C21H20ClNO2S/c1-26(24,25)17-7-4-15(5-8-17)18-12-21(10-2-3-11-21)13-19(18)20-9-6-16(22)14-23-20/h4-9,12-14H,2-3,10-11H2,1H3. The van der Waals surface area contributed by atoms with Gasteiger partial charge in [0.2, 0.25) is 0 Å². The van der Waals surface area contributed by atoms with Crippen molar-refractivity contribution < 1.29 is 8.42 Å². The Balaban J connectivity index is 1.79. The van der Waals surface area contributed by atoms with Crippen LogP contribution in [0.1, 0.15) is 36.9 Å². The first-order chi connectivity index (χ1) is 12.4. The zero-order valence-corrected chi connectivity index (χ0v) is 16.1. The Hall–Kier alpha value is -1.91. The second-order valence-electron chi connectivity index (χ2n) is 7.21. The van der Waals surface area contributed by atoms with Gasteiger partial charge in [0.25, 0.3) is 0 Å². The average molecular weight is 386 g/mol. The first kappa shape index (κ1) is 17.5. The monoisotopic (exact) mass is 385 g/mol. The molecule has 1 aromatic heterocycles. The highest BCUT2D eigenvalue weighted by atomic mass is 35.5. The normalized spacial score (nSPS) is 18.8. The lowest BCUT2D eigenvalue weighted by Crippen LogP contribution is -2.05. The fourth-order valence-electron chi connectivity index (χ4n) is 3.96. The van der Waals surface area contributed by atoms with Crippen molar-refractivity contribution in [2.75, 3.05) is 6.26 Å². The van der Waals surface area contributed by atoms with Gasteiger partial charge in [-0.2, -0.15) is 0 Å². The van der Waals surface area contributed by atoms with Gasteiger partial charge in [0.1, 0.15) is 0 Å². The molecule has 1 fully saturated rings. The van der Waals surface area contributed by atoms with Gasteiger partial charge in [0.05, 0.1) is 15.6 Å². The smallest absolute Gasteiger partial charge is 0.175 e. The van der Waals surface area contributed by atoms with Gasteiger partial charge in [-0.15, -0.1) is 0 Å².